The van der Waals surface area contributed by atoms with E-state index in [1.807, 2.05) is 0 Å². The van der Waals surface area contributed by atoms with Gasteiger partial charge in [-0.3, -0.25) is 9.58 Å². The molecule has 2 aromatic heterocycles. The summed E-state index contributed by atoms with van der Waals surface area (Å²) in [6, 6.07) is 4.53. The second kappa shape index (κ2) is 8.83. The number of halogens is 2. The first kappa shape index (κ1) is 22.5. The first-order valence-electron chi connectivity index (χ1n) is 12.0. The van der Waals surface area contributed by atoms with Gasteiger partial charge in [0.15, 0.2) is 11.6 Å². The second-order valence-electron chi connectivity index (χ2n) is 10.2. The minimum Gasteiger partial charge on any atom is -0.431 e. The number of ether oxygens (including phenoxy) is 1. The lowest BCUT2D eigenvalue weighted by Gasteiger charge is -2.29. The Balaban J connectivity index is 1.33. The Labute approximate surface area is 193 Å². The van der Waals surface area contributed by atoms with Crippen molar-refractivity contribution in [3.63, 3.8) is 0 Å². The fraction of sp³-hybridized carbons (Fsp3) is 0.667. The number of nitrogen functional groups attached to an aromatic ring is 1. The molecule has 7 nitrogen and oxygen atoms in total. The van der Waals surface area contributed by atoms with Crippen molar-refractivity contribution in [1.29, 1.82) is 0 Å². The van der Waals surface area contributed by atoms with Gasteiger partial charge in [0.1, 0.15) is 0 Å². The quantitative estimate of drug-likeness (QED) is 0.706. The van der Waals surface area contributed by atoms with E-state index in [0.29, 0.717) is 29.4 Å². The molecule has 0 aromatic carbocycles. The third-order valence-electron chi connectivity index (χ3n) is 7.68. The first-order chi connectivity index (χ1) is 15.8. The summed E-state index contributed by atoms with van der Waals surface area (Å²) in [6.45, 7) is 6.04. The van der Waals surface area contributed by atoms with Gasteiger partial charge < -0.3 is 15.4 Å². The Morgan fingerprint density at radius 2 is 1.85 bits per heavy atom. The minimum atomic E-state index is -2.95. The maximum absolute atomic E-state index is 12.7. The van der Waals surface area contributed by atoms with Crippen LogP contribution in [0.4, 0.5) is 14.6 Å². The smallest absolute Gasteiger partial charge is 0.387 e. The van der Waals surface area contributed by atoms with Gasteiger partial charge in [-0.1, -0.05) is 0 Å². The lowest BCUT2D eigenvalue weighted by atomic mass is 10.0. The third kappa shape index (κ3) is 4.45. The van der Waals surface area contributed by atoms with Crippen LogP contribution in [0.25, 0.3) is 11.3 Å². The van der Waals surface area contributed by atoms with Crippen LogP contribution in [0.3, 0.4) is 0 Å². The molecule has 2 N–H and O–H groups in total. The SMILES string of the molecule is CC(C)n1nc(-c2cnc(N)c(OC(F)F)c2)cc1[C@H]1[C@@H]2CC(N3CCCN(C)CC3)C[C@@H]21. The fourth-order valence-corrected chi connectivity index (χ4v) is 5.98. The van der Waals surface area contributed by atoms with E-state index in [2.05, 4.69) is 51.2 Å². The van der Waals surface area contributed by atoms with Gasteiger partial charge in [0.2, 0.25) is 0 Å². The van der Waals surface area contributed by atoms with Crippen LogP contribution in [0, 0.1) is 11.8 Å². The van der Waals surface area contributed by atoms with Gasteiger partial charge in [0.25, 0.3) is 0 Å². The highest BCUT2D eigenvalue weighted by molar-refractivity contribution is 5.64. The van der Waals surface area contributed by atoms with Crippen molar-refractivity contribution in [3.05, 3.63) is 24.0 Å². The summed E-state index contributed by atoms with van der Waals surface area (Å²) >= 11 is 0. The molecule has 180 valence electrons. The zero-order valence-electron chi connectivity index (χ0n) is 19.6. The molecule has 4 atom stereocenters. The summed E-state index contributed by atoms with van der Waals surface area (Å²) in [4.78, 5) is 9.19. The topological polar surface area (TPSA) is 72.4 Å². The van der Waals surface area contributed by atoms with E-state index in [1.165, 1.54) is 50.7 Å². The van der Waals surface area contributed by atoms with Crippen molar-refractivity contribution in [2.45, 2.75) is 57.7 Å². The zero-order chi connectivity index (χ0) is 23.3. The molecule has 3 aliphatic rings. The van der Waals surface area contributed by atoms with Crippen molar-refractivity contribution in [2.75, 3.05) is 39.0 Å². The Hall–Kier alpha value is -2.26. The van der Waals surface area contributed by atoms with E-state index in [0.717, 1.165) is 12.2 Å². The second-order valence-corrected chi connectivity index (χ2v) is 10.2. The highest BCUT2D eigenvalue weighted by atomic mass is 19.3. The maximum atomic E-state index is 12.7. The number of nitrogens with zero attached hydrogens (tertiary/aromatic N) is 5. The molecule has 9 heteroatoms. The summed E-state index contributed by atoms with van der Waals surface area (Å²) in [5, 5.41) is 4.82. The number of hydrogen-bond donors (Lipinski definition) is 1. The summed E-state index contributed by atoms with van der Waals surface area (Å²) < 4.78 is 32.1. The van der Waals surface area contributed by atoms with E-state index in [-0.39, 0.29) is 17.6 Å². The van der Waals surface area contributed by atoms with Gasteiger partial charge in [0, 0.05) is 48.5 Å². The fourth-order valence-electron chi connectivity index (χ4n) is 5.98. The molecular weight excluding hydrogens is 426 g/mol. The van der Waals surface area contributed by atoms with Crippen molar-refractivity contribution in [2.24, 2.45) is 11.8 Å². The van der Waals surface area contributed by atoms with Crippen LogP contribution in [0.15, 0.2) is 18.3 Å². The van der Waals surface area contributed by atoms with Gasteiger partial charge in [-0.25, -0.2) is 4.98 Å². The lowest BCUT2D eigenvalue weighted by molar-refractivity contribution is -0.0494. The van der Waals surface area contributed by atoms with Crippen LogP contribution < -0.4 is 10.5 Å². The molecule has 1 saturated heterocycles. The van der Waals surface area contributed by atoms with Crippen molar-refractivity contribution >= 4 is 5.82 Å². The van der Waals surface area contributed by atoms with Gasteiger partial charge in [0.05, 0.1) is 5.69 Å². The first-order valence-corrected chi connectivity index (χ1v) is 12.0. The molecule has 0 spiro atoms. The van der Waals surface area contributed by atoms with Crippen LogP contribution in [0.5, 0.6) is 5.75 Å². The minimum absolute atomic E-state index is 0.0509. The van der Waals surface area contributed by atoms with E-state index >= 15 is 0 Å². The summed E-state index contributed by atoms with van der Waals surface area (Å²) in [6.07, 6.45) is 5.34. The number of pyridine rings is 1. The summed E-state index contributed by atoms with van der Waals surface area (Å²) in [5.74, 6) is 1.78. The molecule has 3 fully saturated rings. The molecule has 2 aliphatic carbocycles. The average molecular weight is 461 g/mol. The highest BCUT2D eigenvalue weighted by Gasteiger charge is 2.58. The monoisotopic (exact) mass is 460 g/mol. The number of anilines is 1. The molecule has 0 radical (unpaired) electrons. The molecule has 5 rings (SSSR count). The highest BCUT2D eigenvalue weighted by Crippen LogP contribution is 2.64. The van der Waals surface area contributed by atoms with Crippen molar-refractivity contribution < 1.29 is 13.5 Å². The molecular formula is C24H34F2N6O. The Bertz CT molecular complexity index is 983. The predicted octanol–water partition coefficient (Wildman–Crippen LogP) is 3.84. The molecule has 0 amide bonds. The number of fused-ring (bicyclic) bond motifs is 1. The number of nitrogens with two attached hydrogens (primary N) is 1. The summed E-state index contributed by atoms with van der Waals surface area (Å²) in [5.41, 5.74) is 8.32. The Kier molecular flexibility index (Phi) is 6.03. The molecule has 3 heterocycles. The van der Waals surface area contributed by atoms with Crippen LogP contribution in [-0.2, 0) is 0 Å². The van der Waals surface area contributed by atoms with Gasteiger partial charge in [-0.15, -0.1) is 0 Å². The van der Waals surface area contributed by atoms with Crippen LogP contribution in [-0.4, -0.2) is 70.4 Å². The van der Waals surface area contributed by atoms with Gasteiger partial charge in [-0.2, -0.15) is 13.9 Å². The van der Waals surface area contributed by atoms with Crippen molar-refractivity contribution in [1.82, 2.24) is 24.6 Å². The van der Waals surface area contributed by atoms with E-state index in [4.69, 9.17) is 10.8 Å². The molecule has 2 saturated carbocycles. The van der Waals surface area contributed by atoms with Crippen LogP contribution in [0.1, 0.15) is 50.8 Å². The number of aromatic nitrogens is 3. The molecule has 0 bridgehead atoms. The summed E-state index contributed by atoms with van der Waals surface area (Å²) in [7, 11) is 2.22. The molecule has 1 aliphatic heterocycles. The zero-order valence-corrected chi connectivity index (χ0v) is 19.6. The number of hydrogen-bond acceptors (Lipinski definition) is 6. The maximum Gasteiger partial charge on any atom is 0.387 e. The van der Waals surface area contributed by atoms with Crippen LogP contribution in [0.2, 0.25) is 0 Å². The standard InChI is InChI=1S/C24H34F2N6O/c1-14(2)32-20(12-19(29-32)15-9-21(33-24(25)26)23(27)28-13-15)22-17-10-16(11-18(17)22)31-6-4-5-30(3)7-8-31/h9,12-14,16-18,22,24H,4-8,10-11H2,1-3H3,(H2,27,28)/t16?,17-,18+,22+. The molecule has 1 unspecified atom stereocenters. The molecule has 33 heavy (non-hydrogen) atoms. The van der Waals surface area contributed by atoms with Crippen LogP contribution >= 0.6 is 0 Å². The van der Waals surface area contributed by atoms with Gasteiger partial charge >= 0.3 is 6.61 Å². The molecule has 2 aromatic rings. The third-order valence-corrected chi connectivity index (χ3v) is 7.68. The Morgan fingerprint density at radius 1 is 1.09 bits per heavy atom. The largest absolute Gasteiger partial charge is 0.431 e. The lowest BCUT2D eigenvalue weighted by Crippen LogP contribution is -2.37. The predicted molar refractivity (Wildman–Crippen MR) is 123 cm³/mol. The Morgan fingerprint density at radius 3 is 2.55 bits per heavy atom. The normalized spacial score (nSPS) is 28.3. The number of alkyl halides is 2. The average Bonchev–Trinajstić information content (AvgIpc) is 3.10. The number of likely N-dealkylation sites (N-methyl/N-ethyl adjacent to an activating group) is 1. The van der Waals surface area contributed by atoms with E-state index in [1.54, 1.807) is 6.20 Å². The van der Waals surface area contributed by atoms with Gasteiger partial charge in [-0.05, 0) is 77.2 Å². The van der Waals surface area contributed by atoms with Crippen molar-refractivity contribution in [3.8, 4) is 17.0 Å². The number of rotatable bonds is 6. The van der Waals surface area contributed by atoms with E-state index in [9.17, 15) is 8.78 Å². The van der Waals surface area contributed by atoms with E-state index < -0.39 is 6.61 Å².